The summed E-state index contributed by atoms with van der Waals surface area (Å²) in [6, 6.07) is 4.52. The van der Waals surface area contributed by atoms with Gasteiger partial charge in [-0.05, 0) is 19.1 Å². The zero-order valence-corrected chi connectivity index (χ0v) is 12.5. The monoisotopic (exact) mass is 337 g/mol. The number of alkyl halides is 3. The lowest BCUT2D eigenvalue weighted by Gasteiger charge is -2.06. The summed E-state index contributed by atoms with van der Waals surface area (Å²) in [6.45, 7) is 1.42. The van der Waals surface area contributed by atoms with Gasteiger partial charge in [-0.1, -0.05) is 5.16 Å². The zero-order valence-electron chi connectivity index (χ0n) is 12.5. The minimum Gasteiger partial charge on any atom is -0.481 e. The van der Waals surface area contributed by atoms with Crippen molar-refractivity contribution in [3.8, 4) is 28.9 Å². The number of halogens is 3. The van der Waals surface area contributed by atoms with Crippen LogP contribution in [-0.4, -0.2) is 32.2 Å². The number of hydrogen-bond acceptors (Lipinski definition) is 7. The van der Waals surface area contributed by atoms with E-state index in [9.17, 15) is 13.2 Å². The van der Waals surface area contributed by atoms with Crippen LogP contribution in [0, 0.1) is 6.92 Å². The number of rotatable bonds is 3. The molecular formula is C14H10F3N5O2. The molecule has 0 radical (unpaired) electrons. The first kappa shape index (κ1) is 15.8. The molecule has 124 valence electrons. The highest BCUT2D eigenvalue weighted by Gasteiger charge is 2.35. The Morgan fingerprint density at radius 2 is 1.92 bits per heavy atom. The second-order valence-corrected chi connectivity index (χ2v) is 4.73. The third-order valence-electron chi connectivity index (χ3n) is 2.96. The van der Waals surface area contributed by atoms with E-state index in [0.29, 0.717) is 11.4 Å². The highest BCUT2D eigenvalue weighted by Crippen LogP contribution is 2.29. The Labute approximate surface area is 133 Å². The molecule has 7 nitrogen and oxygen atoms in total. The van der Waals surface area contributed by atoms with Gasteiger partial charge in [-0.3, -0.25) is 0 Å². The van der Waals surface area contributed by atoms with E-state index >= 15 is 0 Å². The molecule has 3 aromatic rings. The Balaban J connectivity index is 2.00. The fraction of sp³-hybridized carbons (Fsp3) is 0.214. The molecule has 10 heteroatoms. The molecule has 3 heterocycles. The Bertz CT molecular complexity index is 879. The van der Waals surface area contributed by atoms with E-state index in [4.69, 9.17) is 9.26 Å². The summed E-state index contributed by atoms with van der Waals surface area (Å²) in [5.74, 6) is -0.883. The summed E-state index contributed by atoms with van der Waals surface area (Å²) in [5, 5.41) is 3.75. The zero-order chi connectivity index (χ0) is 17.3. The molecule has 0 saturated heterocycles. The number of aromatic nitrogens is 5. The fourth-order valence-corrected chi connectivity index (χ4v) is 1.91. The Morgan fingerprint density at radius 1 is 1.12 bits per heavy atom. The lowest BCUT2D eigenvalue weighted by Crippen LogP contribution is -2.12. The first-order valence-electron chi connectivity index (χ1n) is 6.64. The van der Waals surface area contributed by atoms with Gasteiger partial charge in [-0.15, -0.1) is 0 Å². The molecule has 0 aliphatic heterocycles. The first-order chi connectivity index (χ1) is 11.4. The van der Waals surface area contributed by atoms with Gasteiger partial charge < -0.3 is 9.26 Å². The van der Waals surface area contributed by atoms with Gasteiger partial charge in [0, 0.05) is 23.5 Å². The van der Waals surface area contributed by atoms with Gasteiger partial charge in [0.1, 0.15) is 5.69 Å². The molecule has 0 spiro atoms. The molecular weight excluding hydrogens is 327 g/mol. The maximum atomic E-state index is 12.8. The molecule has 0 atom stereocenters. The standard InChI is InChI=1S/C14H10F3N5O2/c1-7-5-9(20-13(19-7)14(15,16)17)12-21-11(22-24-12)8-3-4-18-10(6-8)23-2/h3-6H,1-2H3. The Morgan fingerprint density at radius 3 is 2.62 bits per heavy atom. The summed E-state index contributed by atoms with van der Waals surface area (Å²) >= 11 is 0. The second kappa shape index (κ2) is 5.87. The molecule has 3 aromatic heterocycles. The summed E-state index contributed by atoms with van der Waals surface area (Å²) < 4.78 is 48.4. The van der Waals surface area contributed by atoms with Crippen molar-refractivity contribution < 1.29 is 22.4 Å². The van der Waals surface area contributed by atoms with Crippen LogP contribution in [0.3, 0.4) is 0 Å². The average Bonchev–Trinajstić information content (AvgIpc) is 3.03. The topological polar surface area (TPSA) is 86.8 Å². The van der Waals surface area contributed by atoms with Crippen molar-refractivity contribution in [3.63, 3.8) is 0 Å². The largest absolute Gasteiger partial charge is 0.481 e. The number of aryl methyl sites for hydroxylation is 1. The summed E-state index contributed by atoms with van der Waals surface area (Å²) in [5.41, 5.74) is 0.575. The van der Waals surface area contributed by atoms with Crippen LogP contribution in [0.4, 0.5) is 13.2 Å². The average molecular weight is 337 g/mol. The van der Waals surface area contributed by atoms with E-state index in [-0.39, 0.29) is 23.1 Å². The molecule has 0 amide bonds. The first-order valence-corrected chi connectivity index (χ1v) is 6.64. The molecule has 0 aliphatic carbocycles. The van der Waals surface area contributed by atoms with Crippen LogP contribution >= 0.6 is 0 Å². The number of methoxy groups -OCH3 is 1. The van der Waals surface area contributed by atoms with Crippen molar-refractivity contribution in [1.29, 1.82) is 0 Å². The molecule has 0 aromatic carbocycles. The molecule has 0 bridgehead atoms. The van der Waals surface area contributed by atoms with Crippen molar-refractivity contribution in [3.05, 3.63) is 35.9 Å². The predicted molar refractivity (Wildman–Crippen MR) is 74.8 cm³/mol. The third kappa shape index (κ3) is 3.16. The lowest BCUT2D eigenvalue weighted by molar-refractivity contribution is -0.145. The number of pyridine rings is 1. The highest BCUT2D eigenvalue weighted by atomic mass is 19.4. The van der Waals surface area contributed by atoms with Gasteiger partial charge in [0.25, 0.3) is 5.89 Å². The van der Waals surface area contributed by atoms with E-state index < -0.39 is 12.0 Å². The van der Waals surface area contributed by atoms with Gasteiger partial charge in [-0.25, -0.2) is 15.0 Å². The molecule has 0 saturated carbocycles. The molecule has 0 aliphatic rings. The third-order valence-corrected chi connectivity index (χ3v) is 2.96. The number of hydrogen-bond donors (Lipinski definition) is 0. The van der Waals surface area contributed by atoms with Gasteiger partial charge >= 0.3 is 6.18 Å². The normalized spacial score (nSPS) is 11.5. The van der Waals surface area contributed by atoms with Crippen LogP contribution in [0.15, 0.2) is 28.9 Å². The van der Waals surface area contributed by atoms with Crippen molar-refractivity contribution >= 4 is 0 Å². The molecule has 0 fully saturated rings. The van der Waals surface area contributed by atoms with Crippen LogP contribution in [0.1, 0.15) is 11.5 Å². The smallest absolute Gasteiger partial charge is 0.451 e. The summed E-state index contributed by atoms with van der Waals surface area (Å²) in [7, 11) is 1.45. The van der Waals surface area contributed by atoms with Crippen LogP contribution in [0.2, 0.25) is 0 Å². The van der Waals surface area contributed by atoms with Gasteiger partial charge in [0.2, 0.25) is 17.5 Å². The van der Waals surface area contributed by atoms with Crippen LogP contribution < -0.4 is 4.74 Å². The highest BCUT2D eigenvalue weighted by molar-refractivity contribution is 5.58. The van der Waals surface area contributed by atoms with Gasteiger partial charge in [0.15, 0.2) is 0 Å². The minimum atomic E-state index is -4.66. The molecule has 0 unspecified atom stereocenters. The summed E-state index contributed by atoms with van der Waals surface area (Å²) in [6.07, 6.45) is -3.18. The van der Waals surface area contributed by atoms with Gasteiger partial charge in [0.05, 0.1) is 7.11 Å². The van der Waals surface area contributed by atoms with E-state index in [2.05, 4.69) is 25.1 Å². The predicted octanol–water partition coefficient (Wildman–Crippen LogP) is 2.92. The number of nitrogens with zero attached hydrogens (tertiary/aromatic N) is 5. The van der Waals surface area contributed by atoms with Crippen molar-refractivity contribution in [1.82, 2.24) is 25.1 Å². The molecule has 0 N–H and O–H groups in total. The van der Waals surface area contributed by atoms with E-state index in [1.54, 1.807) is 12.1 Å². The second-order valence-electron chi connectivity index (χ2n) is 4.73. The lowest BCUT2D eigenvalue weighted by atomic mass is 10.2. The van der Waals surface area contributed by atoms with Crippen LogP contribution in [0.25, 0.3) is 23.0 Å². The molecule has 24 heavy (non-hydrogen) atoms. The van der Waals surface area contributed by atoms with Crippen molar-refractivity contribution in [2.45, 2.75) is 13.1 Å². The van der Waals surface area contributed by atoms with E-state index in [1.807, 2.05) is 0 Å². The molecule has 3 rings (SSSR count). The number of ether oxygens (including phenoxy) is 1. The maximum Gasteiger partial charge on any atom is 0.451 e. The minimum absolute atomic E-state index is 0.102. The van der Waals surface area contributed by atoms with E-state index in [1.165, 1.54) is 26.3 Å². The van der Waals surface area contributed by atoms with E-state index in [0.717, 1.165) is 0 Å². The fourth-order valence-electron chi connectivity index (χ4n) is 1.91. The van der Waals surface area contributed by atoms with Crippen LogP contribution in [-0.2, 0) is 6.18 Å². The van der Waals surface area contributed by atoms with Gasteiger partial charge in [-0.2, -0.15) is 18.2 Å². The van der Waals surface area contributed by atoms with Crippen molar-refractivity contribution in [2.75, 3.05) is 7.11 Å². The van der Waals surface area contributed by atoms with Crippen LogP contribution in [0.5, 0.6) is 5.88 Å². The maximum absolute atomic E-state index is 12.8. The SMILES string of the molecule is COc1cc(-c2noc(-c3cc(C)nc(C(F)(F)F)n3)n2)ccn1. The Kier molecular flexibility index (Phi) is 3.87. The summed E-state index contributed by atoms with van der Waals surface area (Å²) in [4.78, 5) is 14.8. The quantitative estimate of drug-likeness (QED) is 0.726. The van der Waals surface area contributed by atoms with Crippen molar-refractivity contribution in [2.24, 2.45) is 0 Å². The Hall–Kier alpha value is -3.04.